The van der Waals surface area contributed by atoms with Crippen molar-refractivity contribution in [2.24, 2.45) is 0 Å². The van der Waals surface area contributed by atoms with Gasteiger partial charge in [0, 0.05) is 17.9 Å². The molecule has 0 atom stereocenters. The summed E-state index contributed by atoms with van der Waals surface area (Å²) < 4.78 is 1.86. The number of hydrogen-bond acceptors (Lipinski definition) is 1. The van der Waals surface area contributed by atoms with Crippen LogP contribution in [-0.4, -0.2) is 15.5 Å². The Hall–Kier alpha value is -1.77. The quantitative estimate of drug-likeness (QED) is 0.815. The Bertz CT molecular complexity index is 511. The third-order valence-electron chi connectivity index (χ3n) is 2.53. The van der Waals surface area contributed by atoms with Crippen molar-refractivity contribution in [3.05, 3.63) is 41.7 Å². The molecule has 2 heterocycles. The maximum absolute atomic E-state index is 10.8. The van der Waals surface area contributed by atoms with Gasteiger partial charge < -0.3 is 9.51 Å². The van der Waals surface area contributed by atoms with Crippen molar-refractivity contribution in [2.75, 3.05) is 0 Å². The maximum atomic E-state index is 10.8. The summed E-state index contributed by atoms with van der Waals surface area (Å²) in [5.41, 5.74) is 2.56. The molecule has 0 amide bonds. The van der Waals surface area contributed by atoms with Gasteiger partial charge in [0.15, 0.2) is 0 Å². The third kappa shape index (κ3) is 1.73. The molecule has 0 radical (unpaired) electrons. The molecular weight excluding hydrogens is 190 g/mol. The molecule has 3 nitrogen and oxygen atoms in total. The Labute approximate surface area is 88.0 Å². The van der Waals surface area contributed by atoms with E-state index in [1.807, 2.05) is 16.7 Å². The predicted molar refractivity (Wildman–Crippen MR) is 58.4 cm³/mol. The fraction of sp³-hybridized carbons (Fsp3) is 0.250. The van der Waals surface area contributed by atoms with E-state index in [0.29, 0.717) is 11.5 Å². The van der Waals surface area contributed by atoms with Crippen molar-refractivity contribution < 1.29 is 9.90 Å². The molecule has 0 saturated carbocycles. The van der Waals surface area contributed by atoms with Crippen molar-refractivity contribution in [1.82, 2.24) is 4.40 Å². The van der Waals surface area contributed by atoms with E-state index in [9.17, 15) is 4.79 Å². The van der Waals surface area contributed by atoms with Crippen molar-refractivity contribution in [3.8, 4) is 0 Å². The number of carboxylic acids is 1. The monoisotopic (exact) mass is 203 g/mol. The topological polar surface area (TPSA) is 41.7 Å². The zero-order chi connectivity index (χ0) is 11.0. The average Bonchev–Trinajstić information content (AvgIpc) is 2.59. The van der Waals surface area contributed by atoms with E-state index < -0.39 is 5.97 Å². The summed E-state index contributed by atoms with van der Waals surface area (Å²) in [5, 5.41) is 8.85. The van der Waals surface area contributed by atoms with Gasteiger partial charge in [-0.2, -0.15) is 0 Å². The summed E-state index contributed by atoms with van der Waals surface area (Å²) >= 11 is 0. The number of nitrogens with zero attached hydrogens (tertiary/aromatic N) is 1. The van der Waals surface area contributed by atoms with Gasteiger partial charge in [-0.3, -0.25) is 0 Å². The van der Waals surface area contributed by atoms with Gasteiger partial charge in [-0.15, -0.1) is 0 Å². The van der Waals surface area contributed by atoms with Crippen LogP contribution in [0.1, 0.15) is 35.7 Å². The lowest BCUT2D eigenvalue weighted by Gasteiger charge is -1.97. The highest BCUT2D eigenvalue weighted by molar-refractivity contribution is 5.87. The van der Waals surface area contributed by atoms with Gasteiger partial charge in [0.25, 0.3) is 0 Å². The zero-order valence-corrected chi connectivity index (χ0v) is 8.77. The van der Waals surface area contributed by atoms with Crippen LogP contribution < -0.4 is 0 Å². The van der Waals surface area contributed by atoms with Crippen molar-refractivity contribution in [1.29, 1.82) is 0 Å². The third-order valence-corrected chi connectivity index (χ3v) is 2.53. The minimum absolute atomic E-state index is 0.313. The molecule has 3 heteroatoms. The van der Waals surface area contributed by atoms with Gasteiger partial charge >= 0.3 is 5.97 Å². The average molecular weight is 203 g/mol. The number of aromatic nitrogens is 1. The van der Waals surface area contributed by atoms with Gasteiger partial charge in [-0.05, 0) is 29.7 Å². The highest BCUT2D eigenvalue weighted by Crippen LogP contribution is 2.18. The van der Waals surface area contributed by atoms with Crippen molar-refractivity contribution in [3.63, 3.8) is 0 Å². The minimum Gasteiger partial charge on any atom is -0.478 e. The van der Waals surface area contributed by atoms with Crippen molar-refractivity contribution >= 4 is 11.5 Å². The summed E-state index contributed by atoms with van der Waals surface area (Å²) in [4.78, 5) is 10.8. The first kappa shape index (κ1) is 9.77. The van der Waals surface area contributed by atoms with Crippen molar-refractivity contribution in [2.45, 2.75) is 19.8 Å². The van der Waals surface area contributed by atoms with Gasteiger partial charge in [0.05, 0.1) is 5.56 Å². The smallest absolute Gasteiger partial charge is 0.337 e. The summed E-state index contributed by atoms with van der Waals surface area (Å²) in [6.45, 7) is 4.24. The number of carbonyl (C=O) groups is 1. The molecule has 1 N–H and O–H groups in total. The highest BCUT2D eigenvalue weighted by Gasteiger charge is 2.06. The predicted octanol–water partition coefficient (Wildman–Crippen LogP) is 2.76. The lowest BCUT2D eigenvalue weighted by Crippen LogP contribution is -1.97. The van der Waals surface area contributed by atoms with E-state index in [4.69, 9.17) is 5.11 Å². The molecule has 78 valence electrons. The summed E-state index contributed by atoms with van der Waals surface area (Å²) in [6.07, 6.45) is 3.62. The Balaban J connectivity index is 2.57. The second kappa shape index (κ2) is 3.42. The molecule has 2 rings (SSSR count). The molecule has 0 saturated heterocycles. The Morgan fingerprint density at radius 1 is 1.33 bits per heavy atom. The molecule has 0 aliphatic carbocycles. The number of rotatable bonds is 2. The first-order valence-corrected chi connectivity index (χ1v) is 4.93. The van der Waals surface area contributed by atoms with E-state index >= 15 is 0 Å². The molecule has 2 aromatic rings. The molecular formula is C12H13NO2. The SMILES string of the molecule is CC(C)c1cc2ccc(C(=O)O)cn2c1. The van der Waals surface area contributed by atoms with Gasteiger partial charge in [0.1, 0.15) is 0 Å². The first-order valence-electron chi connectivity index (χ1n) is 4.93. The molecule has 0 aliphatic rings. The van der Waals surface area contributed by atoms with E-state index in [1.165, 1.54) is 5.56 Å². The highest BCUT2D eigenvalue weighted by atomic mass is 16.4. The van der Waals surface area contributed by atoms with Crippen LogP contribution in [0.2, 0.25) is 0 Å². The van der Waals surface area contributed by atoms with E-state index in [-0.39, 0.29) is 0 Å². The van der Waals surface area contributed by atoms with Crippen LogP contribution in [0.25, 0.3) is 5.52 Å². The van der Waals surface area contributed by atoms with Crippen LogP contribution >= 0.6 is 0 Å². The summed E-state index contributed by atoms with van der Waals surface area (Å²) in [6, 6.07) is 5.54. The fourth-order valence-electron chi connectivity index (χ4n) is 1.57. The van der Waals surface area contributed by atoms with E-state index in [1.54, 1.807) is 12.3 Å². The minimum atomic E-state index is -0.892. The number of hydrogen-bond donors (Lipinski definition) is 1. The van der Waals surface area contributed by atoms with Crippen LogP contribution in [0, 0.1) is 0 Å². The molecule has 0 spiro atoms. The van der Waals surface area contributed by atoms with Gasteiger partial charge in [0.2, 0.25) is 0 Å². The molecule has 0 aliphatic heterocycles. The summed E-state index contributed by atoms with van der Waals surface area (Å²) in [5.74, 6) is -0.435. The van der Waals surface area contributed by atoms with Gasteiger partial charge in [-0.25, -0.2) is 4.79 Å². The first-order chi connectivity index (χ1) is 7.08. The van der Waals surface area contributed by atoms with Crippen LogP contribution in [0.15, 0.2) is 30.6 Å². The molecule has 0 fully saturated rings. The maximum Gasteiger partial charge on any atom is 0.337 e. The lowest BCUT2D eigenvalue weighted by molar-refractivity contribution is 0.0696. The normalized spacial score (nSPS) is 11.1. The van der Waals surface area contributed by atoms with Crippen LogP contribution in [0.4, 0.5) is 0 Å². The van der Waals surface area contributed by atoms with Gasteiger partial charge in [-0.1, -0.05) is 13.8 Å². The number of pyridine rings is 1. The standard InChI is InChI=1S/C12H13NO2/c1-8(2)10-5-11-4-3-9(12(14)15)6-13(11)7-10/h3-8H,1-2H3,(H,14,15). The second-order valence-corrected chi connectivity index (χ2v) is 3.98. The molecule has 15 heavy (non-hydrogen) atoms. The summed E-state index contributed by atoms with van der Waals surface area (Å²) in [7, 11) is 0. The molecule has 0 aromatic carbocycles. The zero-order valence-electron chi connectivity index (χ0n) is 8.77. The molecule has 0 unspecified atom stereocenters. The van der Waals surface area contributed by atoms with E-state index in [2.05, 4.69) is 19.9 Å². The number of aromatic carboxylic acids is 1. The largest absolute Gasteiger partial charge is 0.478 e. The Kier molecular flexibility index (Phi) is 2.23. The Morgan fingerprint density at radius 3 is 2.67 bits per heavy atom. The van der Waals surface area contributed by atoms with Crippen LogP contribution in [0.3, 0.4) is 0 Å². The Morgan fingerprint density at radius 2 is 2.07 bits per heavy atom. The number of carboxylic acid groups (broad SMARTS) is 1. The second-order valence-electron chi connectivity index (χ2n) is 3.98. The van der Waals surface area contributed by atoms with Crippen LogP contribution in [0.5, 0.6) is 0 Å². The molecule has 0 bridgehead atoms. The number of fused-ring (bicyclic) bond motifs is 1. The fourth-order valence-corrected chi connectivity index (χ4v) is 1.57. The lowest BCUT2D eigenvalue weighted by atomic mass is 10.1. The van der Waals surface area contributed by atoms with Crippen LogP contribution in [-0.2, 0) is 0 Å². The molecule has 2 aromatic heterocycles. The van der Waals surface area contributed by atoms with E-state index in [0.717, 1.165) is 5.52 Å².